The van der Waals surface area contributed by atoms with Crippen LogP contribution in [0.25, 0.3) is 5.69 Å². The Kier molecular flexibility index (Phi) is 2.97. The fraction of sp³-hybridized carbons (Fsp3) is 0.0833. The maximum absolute atomic E-state index is 12.4. The van der Waals surface area contributed by atoms with Gasteiger partial charge in [-0.2, -0.15) is 13.2 Å². The van der Waals surface area contributed by atoms with Crippen molar-refractivity contribution in [3.63, 3.8) is 0 Å². The van der Waals surface area contributed by atoms with Crippen LogP contribution in [-0.4, -0.2) is 20.7 Å². The molecule has 0 aliphatic rings. The van der Waals surface area contributed by atoms with Gasteiger partial charge in [-0.15, -0.1) is 0 Å². The summed E-state index contributed by atoms with van der Waals surface area (Å²) >= 11 is 0. The summed E-state index contributed by atoms with van der Waals surface area (Å²) < 4.78 is 38.4. The molecule has 0 spiro atoms. The molecule has 2 rings (SSSR count). The van der Waals surface area contributed by atoms with Crippen molar-refractivity contribution < 1.29 is 28.2 Å². The van der Waals surface area contributed by atoms with E-state index in [1.165, 1.54) is 12.3 Å². The van der Waals surface area contributed by atoms with Crippen molar-refractivity contribution in [1.29, 1.82) is 0 Å². The molecule has 1 aromatic carbocycles. The molecule has 7 heteroatoms. The maximum Gasteiger partial charge on any atom is 0.417 e. The topological polar surface area (TPSA) is 62.5 Å². The van der Waals surface area contributed by atoms with Crippen LogP contribution in [-0.2, 0) is 6.18 Å². The molecular formula is C12H8F3NO3. The Morgan fingerprint density at radius 1 is 1.21 bits per heavy atom. The number of halogens is 3. The van der Waals surface area contributed by atoms with Gasteiger partial charge in [0, 0.05) is 24.1 Å². The number of carboxylic acid groups (broad SMARTS) is 1. The molecule has 19 heavy (non-hydrogen) atoms. The number of alkyl halides is 3. The van der Waals surface area contributed by atoms with Crippen molar-refractivity contribution in [2.24, 2.45) is 0 Å². The number of benzene rings is 1. The summed E-state index contributed by atoms with van der Waals surface area (Å²) in [7, 11) is 0. The summed E-state index contributed by atoms with van der Waals surface area (Å²) in [6.07, 6.45) is -2.42. The van der Waals surface area contributed by atoms with Crippen LogP contribution in [0, 0.1) is 0 Å². The number of aromatic nitrogens is 1. The lowest BCUT2D eigenvalue weighted by Crippen LogP contribution is -2.03. The molecule has 0 unspecified atom stereocenters. The number of aromatic hydroxyl groups is 1. The highest BCUT2D eigenvalue weighted by molar-refractivity contribution is 5.91. The van der Waals surface area contributed by atoms with Gasteiger partial charge in [0.1, 0.15) is 11.3 Å². The SMILES string of the molecule is O=C(O)c1ccc(-n2ccc(C(F)(F)F)c2)cc1O. The number of carbonyl (C=O) groups is 1. The molecule has 2 N–H and O–H groups in total. The summed E-state index contributed by atoms with van der Waals surface area (Å²) in [6, 6.07) is 4.41. The van der Waals surface area contributed by atoms with Gasteiger partial charge >= 0.3 is 12.1 Å². The normalized spacial score (nSPS) is 11.5. The molecule has 0 fully saturated rings. The average Bonchev–Trinajstić information content (AvgIpc) is 2.76. The maximum atomic E-state index is 12.4. The summed E-state index contributed by atoms with van der Waals surface area (Å²) in [4.78, 5) is 10.7. The molecule has 0 atom stereocenters. The van der Waals surface area contributed by atoms with Crippen LogP contribution in [0.2, 0.25) is 0 Å². The van der Waals surface area contributed by atoms with E-state index in [1.54, 1.807) is 0 Å². The number of hydrogen-bond donors (Lipinski definition) is 2. The van der Waals surface area contributed by atoms with Crippen LogP contribution < -0.4 is 0 Å². The van der Waals surface area contributed by atoms with Gasteiger partial charge in [0.05, 0.1) is 5.56 Å². The molecule has 1 heterocycles. The molecule has 0 saturated heterocycles. The lowest BCUT2D eigenvalue weighted by atomic mass is 10.2. The van der Waals surface area contributed by atoms with Crippen LogP contribution in [0.1, 0.15) is 15.9 Å². The van der Waals surface area contributed by atoms with Gasteiger partial charge in [-0.05, 0) is 18.2 Å². The molecule has 0 aliphatic heterocycles. The number of phenols is 1. The molecule has 0 aliphatic carbocycles. The monoisotopic (exact) mass is 271 g/mol. The van der Waals surface area contributed by atoms with Gasteiger partial charge in [-0.3, -0.25) is 0 Å². The van der Waals surface area contributed by atoms with Crippen molar-refractivity contribution in [3.05, 3.63) is 47.8 Å². The van der Waals surface area contributed by atoms with Crippen LogP contribution in [0.4, 0.5) is 13.2 Å². The van der Waals surface area contributed by atoms with Gasteiger partial charge in [0.2, 0.25) is 0 Å². The summed E-state index contributed by atoms with van der Waals surface area (Å²) in [5.74, 6) is -1.82. The van der Waals surface area contributed by atoms with Crippen molar-refractivity contribution in [2.45, 2.75) is 6.18 Å². The molecule has 2 aromatic rings. The third-order valence-corrected chi connectivity index (χ3v) is 2.53. The van der Waals surface area contributed by atoms with Crippen LogP contribution in [0.15, 0.2) is 36.7 Å². The Labute approximate surface area is 105 Å². The van der Waals surface area contributed by atoms with E-state index in [9.17, 15) is 23.1 Å². The van der Waals surface area contributed by atoms with Crippen LogP contribution in [0.3, 0.4) is 0 Å². The van der Waals surface area contributed by atoms with E-state index in [1.807, 2.05) is 0 Å². The highest BCUT2D eigenvalue weighted by Crippen LogP contribution is 2.30. The number of carboxylic acids is 1. The van der Waals surface area contributed by atoms with Crippen molar-refractivity contribution >= 4 is 5.97 Å². The summed E-state index contributed by atoms with van der Waals surface area (Å²) in [5, 5.41) is 18.2. The first-order valence-corrected chi connectivity index (χ1v) is 5.11. The van der Waals surface area contributed by atoms with E-state index in [0.29, 0.717) is 0 Å². The minimum absolute atomic E-state index is 0.234. The molecule has 0 saturated carbocycles. The standard InChI is InChI=1S/C12H8F3NO3/c13-12(14,15)7-3-4-16(6-7)8-1-2-9(11(18)19)10(17)5-8/h1-6,17H,(H,18,19). The molecule has 1 aromatic heterocycles. The molecule has 100 valence electrons. The number of hydrogen-bond acceptors (Lipinski definition) is 2. The summed E-state index contributed by atoms with van der Waals surface area (Å²) in [5.41, 5.74) is -0.903. The zero-order chi connectivity index (χ0) is 14.2. The van der Waals surface area contributed by atoms with E-state index in [-0.39, 0.29) is 11.3 Å². The predicted molar refractivity (Wildman–Crippen MR) is 59.4 cm³/mol. The Bertz CT molecular complexity index is 631. The van der Waals surface area contributed by atoms with Crippen molar-refractivity contribution in [1.82, 2.24) is 4.57 Å². The van der Waals surface area contributed by atoms with Gasteiger partial charge in [0.25, 0.3) is 0 Å². The third kappa shape index (κ3) is 2.54. The zero-order valence-corrected chi connectivity index (χ0v) is 9.35. The minimum Gasteiger partial charge on any atom is -0.507 e. The first-order chi connectivity index (χ1) is 8.79. The molecular weight excluding hydrogens is 263 g/mol. The molecule has 4 nitrogen and oxygen atoms in total. The second-order valence-corrected chi connectivity index (χ2v) is 3.81. The Morgan fingerprint density at radius 3 is 2.37 bits per heavy atom. The van der Waals surface area contributed by atoms with E-state index in [4.69, 9.17) is 5.11 Å². The van der Waals surface area contributed by atoms with Gasteiger partial charge in [0.15, 0.2) is 0 Å². The smallest absolute Gasteiger partial charge is 0.417 e. The minimum atomic E-state index is -4.45. The summed E-state index contributed by atoms with van der Waals surface area (Å²) in [6.45, 7) is 0. The molecule has 0 bridgehead atoms. The largest absolute Gasteiger partial charge is 0.507 e. The van der Waals surface area contributed by atoms with Gasteiger partial charge < -0.3 is 14.8 Å². The number of aromatic carboxylic acids is 1. The predicted octanol–water partition coefficient (Wildman–Crippen LogP) is 2.90. The average molecular weight is 271 g/mol. The van der Waals surface area contributed by atoms with E-state index >= 15 is 0 Å². The first kappa shape index (κ1) is 13.0. The third-order valence-electron chi connectivity index (χ3n) is 2.53. The second-order valence-electron chi connectivity index (χ2n) is 3.81. The fourth-order valence-electron chi connectivity index (χ4n) is 1.59. The van der Waals surface area contributed by atoms with E-state index < -0.39 is 23.5 Å². The Balaban J connectivity index is 2.40. The lowest BCUT2D eigenvalue weighted by molar-refractivity contribution is -0.137. The van der Waals surface area contributed by atoms with Crippen molar-refractivity contribution in [2.75, 3.05) is 0 Å². The van der Waals surface area contributed by atoms with Crippen LogP contribution >= 0.6 is 0 Å². The van der Waals surface area contributed by atoms with Gasteiger partial charge in [-0.25, -0.2) is 4.79 Å². The number of nitrogens with zero attached hydrogens (tertiary/aromatic N) is 1. The van der Waals surface area contributed by atoms with Crippen molar-refractivity contribution in [3.8, 4) is 11.4 Å². The highest BCUT2D eigenvalue weighted by Gasteiger charge is 2.31. The number of rotatable bonds is 2. The fourth-order valence-corrected chi connectivity index (χ4v) is 1.59. The van der Waals surface area contributed by atoms with E-state index in [0.717, 1.165) is 29.0 Å². The van der Waals surface area contributed by atoms with Gasteiger partial charge in [-0.1, -0.05) is 0 Å². The Morgan fingerprint density at radius 2 is 1.89 bits per heavy atom. The molecule has 0 amide bonds. The Hall–Kier alpha value is -2.44. The highest BCUT2D eigenvalue weighted by atomic mass is 19.4. The molecule has 0 radical (unpaired) electrons. The van der Waals surface area contributed by atoms with Crippen LogP contribution in [0.5, 0.6) is 5.75 Å². The zero-order valence-electron chi connectivity index (χ0n) is 9.35. The quantitative estimate of drug-likeness (QED) is 0.882. The first-order valence-electron chi connectivity index (χ1n) is 5.11. The second kappa shape index (κ2) is 4.34. The lowest BCUT2D eigenvalue weighted by Gasteiger charge is -2.06. The van der Waals surface area contributed by atoms with E-state index in [2.05, 4.69) is 0 Å².